The number of alkyl carbamates (subject to hydrolysis) is 1. The van der Waals surface area contributed by atoms with Gasteiger partial charge < -0.3 is 45.5 Å². The zero-order valence-electron chi connectivity index (χ0n) is 48.2. The van der Waals surface area contributed by atoms with Crippen LogP contribution in [0.5, 0.6) is 0 Å². The van der Waals surface area contributed by atoms with Gasteiger partial charge in [0.05, 0.1) is 30.8 Å². The van der Waals surface area contributed by atoms with Crippen LogP contribution in [0.4, 0.5) is 4.79 Å². The first kappa shape index (κ1) is 64.0. The molecule has 1 aromatic heterocycles. The van der Waals surface area contributed by atoms with Crippen LogP contribution in [0.15, 0.2) is 77.0 Å². The number of carbonyl (C=O) groups is 6. The molecule has 440 valence electrons. The highest BCUT2D eigenvalue weighted by molar-refractivity contribution is 7.90. The molecule has 0 saturated carbocycles. The number of rotatable bonds is 30. The van der Waals surface area contributed by atoms with Crippen molar-refractivity contribution in [1.82, 2.24) is 41.1 Å². The molecule has 0 saturated heterocycles. The number of ether oxygens (including phenoxy) is 4. The van der Waals surface area contributed by atoms with Crippen LogP contribution < -0.4 is 31.3 Å². The molecule has 4 amide bonds. The Bertz CT molecular complexity index is 2800. The summed E-state index contributed by atoms with van der Waals surface area (Å²) in [5.41, 5.74) is 1.52. The van der Waals surface area contributed by atoms with E-state index in [1.165, 1.54) is 6.42 Å². The number of amidine groups is 1. The SMILES string of the molecule is CC[C@@H](CCCc1nn(C)c2cc(C(=O)NC[C@H](NS(=O)(=O)C3C(C)=CC(OCCCC(=O)NCCCNC(=O)[C@H](CCC(=O)OC(C)(C)C)NC(=O)OCc4ccccc4)=CC3(C)C)C(=O)OC)ccc12)CNC1=NCCCC1. The van der Waals surface area contributed by atoms with Gasteiger partial charge in [0.1, 0.15) is 35.3 Å². The van der Waals surface area contributed by atoms with E-state index < -0.39 is 68.2 Å². The number of aromatic nitrogens is 2. The minimum Gasteiger partial charge on any atom is -0.494 e. The molecule has 0 fully saturated rings. The van der Waals surface area contributed by atoms with Crippen LogP contribution in [0, 0.1) is 11.3 Å². The van der Waals surface area contributed by atoms with E-state index in [9.17, 15) is 37.2 Å². The van der Waals surface area contributed by atoms with Crippen molar-refractivity contribution in [3.8, 4) is 0 Å². The maximum absolute atomic E-state index is 14.1. The standard InChI is InChI=1S/C58H85N9O12S/c1-10-40(36-62-49-23-14-15-29-59-49)21-16-22-45-44-26-25-42(34-48(44)67(8)65-45)53(70)63-37-47(55(72)76-9)66-80(74,75)52-39(2)33-43(35-58(52,6)7)77-32-17-24-50(68)60-30-18-31-61-54(71)46(27-28-51(69)79-57(3,4)5)64-56(73)78-38-41-19-12-11-13-20-41/h11-13,19-20,25-26,33-35,40,46-47,52,66H,10,14-18,21-24,27-32,36-38H2,1-9H3,(H,59,62)(H,60,68)(H,61,71)(H,63,70)(H,64,73)/t40-,46-,47-,52?/m0/s1. The maximum atomic E-state index is 14.1. The van der Waals surface area contributed by atoms with Gasteiger partial charge in [-0.3, -0.25) is 33.6 Å². The fraction of sp³-hybridized carbons (Fsp3) is 0.586. The highest BCUT2D eigenvalue weighted by Gasteiger charge is 2.44. The van der Waals surface area contributed by atoms with Gasteiger partial charge in [-0.05, 0) is 120 Å². The van der Waals surface area contributed by atoms with Crippen molar-refractivity contribution in [3.63, 3.8) is 0 Å². The summed E-state index contributed by atoms with van der Waals surface area (Å²) >= 11 is 0. The molecule has 6 N–H and O–H groups in total. The molecule has 22 heteroatoms. The highest BCUT2D eigenvalue weighted by atomic mass is 32.2. The molecule has 0 spiro atoms. The van der Waals surface area contributed by atoms with E-state index in [2.05, 4.69) is 43.2 Å². The largest absolute Gasteiger partial charge is 0.494 e. The molecule has 2 heterocycles. The summed E-state index contributed by atoms with van der Waals surface area (Å²) in [5.74, 6) is -0.588. The number of allylic oxidation sites excluding steroid dienone is 2. The summed E-state index contributed by atoms with van der Waals surface area (Å²) < 4.78 is 54.1. The van der Waals surface area contributed by atoms with Crippen LogP contribution in [0.1, 0.15) is 141 Å². The lowest BCUT2D eigenvalue weighted by atomic mass is 9.81. The van der Waals surface area contributed by atoms with Crippen molar-refractivity contribution >= 4 is 62.5 Å². The van der Waals surface area contributed by atoms with Crippen LogP contribution in [0.2, 0.25) is 0 Å². The average molecular weight is 1130 g/mol. The summed E-state index contributed by atoms with van der Waals surface area (Å²) in [6, 6.07) is 11.8. The third kappa shape index (κ3) is 20.7. The average Bonchev–Trinajstić information content (AvgIpc) is 3.89. The number of fused-ring (bicyclic) bond motifs is 1. The predicted molar refractivity (Wildman–Crippen MR) is 306 cm³/mol. The number of nitrogens with zero attached hydrogens (tertiary/aromatic N) is 3. The molecule has 1 unspecified atom stereocenters. The Morgan fingerprint density at radius 2 is 1.65 bits per heavy atom. The Morgan fingerprint density at radius 1 is 0.900 bits per heavy atom. The zero-order valence-corrected chi connectivity index (χ0v) is 49.0. The van der Waals surface area contributed by atoms with Gasteiger partial charge in [-0.1, -0.05) is 63.6 Å². The van der Waals surface area contributed by atoms with E-state index in [4.69, 9.17) is 24.0 Å². The van der Waals surface area contributed by atoms with E-state index in [0.717, 1.165) is 86.7 Å². The smallest absolute Gasteiger partial charge is 0.408 e. The van der Waals surface area contributed by atoms with Crippen LogP contribution in [0.3, 0.4) is 0 Å². The number of hydrogen-bond acceptors (Lipinski definition) is 15. The lowest BCUT2D eigenvalue weighted by Gasteiger charge is -2.36. The van der Waals surface area contributed by atoms with Gasteiger partial charge in [-0.15, -0.1) is 0 Å². The topological polar surface area (TPSA) is 276 Å². The zero-order chi connectivity index (χ0) is 58.5. The second-order valence-electron chi connectivity index (χ2n) is 22.1. The highest BCUT2D eigenvalue weighted by Crippen LogP contribution is 2.38. The molecule has 80 heavy (non-hydrogen) atoms. The molecule has 5 rings (SSSR count). The fourth-order valence-electron chi connectivity index (χ4n) is 9.74. The number of nitrogens with one attached hydrogen (secondary N) is 6. The van der Waals surface area contributed by atoms with Gasteiger partial charge in [0.25, 0.3) is 5.91 Å². The summed E-state index contributed by atoms with van der Waals surface area (Å²) in [5, 5.41) is 19.0. The molecule has 1 aliphatic carbocycles. The van der Waals surface area contributed by atoms with Crippen LogP contribution in [-0.2, 0) is 68.2 Å². The number of aryl methyl sites for hydroxylation is 2. The predicted octanol–water partition coefficient (Wildman–Crippen LogP) is 6.36. The number of amides is 4. The number of methoxy groups -OCH3 is 1. The van der Waals surface area contributed by atoms with Gasteiger partial charge in [-0.2, -0.15) is 9.82 Å². The molecular weight excluding hydrogens is 1050 g/mol. The Morgan fingerprint density at radius 3 is 2.34 bits per heavy atom. The van der Waals surface area contributed by atoms with Crippen molar-refractivity contribution in [2.75, 3.05) is 46.4 Å². The Balaban J connectivity index is 1.04. The summed E-state index contributed by atoms with van der Waals surface area (Å²) in [6.07, 6.45) is 10.4. The van der Waals surface area contributed by atoms with Gasteiger partial charge in [-0.25, -0.2) is 13.2 Å². The minimum absolute atomic E-state index is 0.00523. The first-order chi connectivity index (χ1) is 38.0. The van der Waals surface area contributed by atoms with Crippen molar-refractivity contribution in [2.45, 2.75) is 155 Å². The second kappa shape index (κ2) is 30.7. The van der Waals surface area contributed by atoms with Crippen molar-refractivity contribution in [2.24, 2.45) is 23.4 Å². The number of aliphatic imine (C=N–C) groups is 1. The second-order valence-corrected chi connectivity index (χ2v) is 23.8. The Kier molecular flexibility index (Phi) is 24.6. The molecule has 0 bridgehead atoms. The van der Waals surface area contributed by atoms with Crippen molar-refractivity contribution in [3.05, 3.63) is 88.8 Å². The number of hydrogen-bond donors (Lipinski definition) is 6. The molecule has 4 atom stereocenters. The number of carbonyl (C=O) groups excluding carboxylic acids is 6. The van der Waals surface area contributed by atoms with Crippen molar-refractivity contribution in [1.29, 1.82) is 0 Å². The lowest BCUT2D eigenvalue weighted by Crippen LogP contribution is -2.54. The fourth-order valence-corrected chi connectivity index (χ4v) is 11.9. The molecule has 1 aliphatic heterocycles. The molecule has 3 aromatic rings. The van der Waals surface area contributed by atoms with E-state index in [1.54, 1.807) is 82.6 Å². The van der Waals surface area contributed by atoms with Crippen LogP contribution >= 0.6 is 0 Å². The van der Waals surface area contributed by atoms with E-state index >= 15 is 0 Å². The van der Waals surface area contributed by atoms with Crippen LogP contribution in [0.25, 0.3) is 10.9 Å². The van der Waals surface area contributed by atoms with Gasteiger partial charge >= 0.3 is 18.0 Å². The minimum atomic E-state index is -4.28. The first-order valence-electron chi connectivity index (χ1n) is 27.9. The van der Waals surface area contributed by atoms with Crippen LogP contribution in [-0.4, -0.2) is 129 Å². The lowest BCUT2D eigenvalue weighted by molar-refractivity contribution is -0.155. The Labute approximate surface area is 471 Å². The molecule has 0 radical (unpaired) electrons. The maximum Gasteiger partial charge on any atom is 0.408 e. The van der Waals surface area contributed by atoms with Gasteiger partial charge in [0, 0.05) is 75.4 Å². The van der Waals surface area contributed by atoms with Gasteiger partial charge in [0.15, 0.2) is 0 Å². The summed E-state index contributed by atoms with van der Waals surface area (Å²) in [7, 11) is -1.30. The van der Waals surface area contributed by atoms with Crippen molar-refractivity contribution < 1.29 is 56.1 Å². The monoisotopic (exact) mass is 1130 g/mol. The van der Waals surface area contributed by atoms with E-state index in [1.807, 2.05) is 31.3 Å². The number of benzene rings is 2. The molecular formula is C58H85N9O12S. The van der Waals surface area contributed by atoms with Gasteiger partial charge in [0.2, 0.25) is 21.8 Å². The normalized spacial score (nSPS) is 16.4. The van der Waals surface area contributed by atoms with E-state index in [0.29, 0.717) is 35.7 Å². The van der Waals surface area contributed by atoms with E-state index in [-0.39, 0.29) is 58.0 Å². The third-order valence-corrected chi connectivity index (χ3v) is 15.9. The molecule has 21 nitrogen and oxygen atoms in total. The molecule has 2 aromatic carbocycles. The summed E-state index contributed by atoms with van der Waals surface area (Å²) in [4.78, 5) is 82.0. The first-order valence-corrected chi connectivity index (χ1v) is 29.4. The third-order valence-electron chi connectivity index (χ3n) is 13.7. The Hall–Kier alpha value is -6.81. The number of esters is 2. The summed E-state index contributed by atoms with van der Waals surface area (Å²) in [6.45, 7) is 14.6. The molecule has 2 aliphatic rings. The number of sulfonamides is 1. The quantitative estimate of drug-likeness (QED) is 0.0241.